The molecule has 0 saturated carbocycles. The molecule has 1 aliphatic heterocycles. The molecule has 1 fully saturated rings. The Morgan fingerprint density at radius 3 is 2.39 bits per heavy atom. The van der Waals surface area contributed by atoms with Gasteiger partial charge < -0.3 is 19.7 Å². The van der Waals surface area contributed by atoms with Gasteiger partial charge in [0.1, 0.15) is 23.4 Å². The number of aliphatic hydroxyl groups is 1. The van der Waals surface area contributed by atoms with E-state index in [1.165, 1.54) is 12.1 Å². The molecule has 5 aromatic rings. The topological polar surface area (TPSA) is 102 Å². The van der Waals surface area contributed by atoms with Gasteiger partial charge in [-0.1, -0.05) is 48.5 Å². The lowest BCUT2D eigenvalue weighted by Gasteiger charge is -2.26. The van der Waals surface area contributed by atoms with Crippen LogP contribution in [0.5, 0.6) is 0 Å². The number of cyclic esters (lactones) is 1. The number of benzene rings is 3. The number of nitrogens with one attached hydrogen (secondary N) is 1. The Morgan fingerprint density at radius 2 is 1.66 bits per heavy atom. The van der Waals surface area contributed by atoms with Crippen LogP contribution in [-0.4, -0.2) is 42.8 Å². The third-order valence-corrected chi connectivity index (χ3v) is 6.96. The molecule has 41 heavy (non-hydrogen) atoms. The second-order valence-corrected chi connectivity index (χ2v) is 9.91. The molecular formula is C32H28FN5O3. The van der Waals surface area contributed by atoms with Crippen LogP contribution in [0.3, 0.4) is 0 Å². The highest BCUT2D eigenvalue weighted by atomic mass is 19.1. The van der Waals surface area contributed by atoms with Crippen molar-refractivity contribution in [1.82, 2.24) is 19.5 Å². The standard InChI is InChI=1S/C32H28FN5O3/c33-23-13-11-21(12-14-23)30-29(27-15-17-34-32(36-27)35-24-9-5-2-6-10-24)37-31(22-7-3-1-4-8-22)38(30)18-16-26-19-25(39)20-28(40)41-26/h1-15,17,25-26,39H,16,18-20H2,(H,34,35,36). The van der Waals surface area contributed by atoms with E-state index in [-0.39, 0.29) is 12.2 Å². The van der Waals surface area contributed by atoms with Gasteiger partial charge in [0, 0.05) is 42.4 Å². The lowest BCUT2D eigenvalue weighted by molar-refractivity contribution is -0.160. The van der Waals surface area contributed by atoms with Gasteiger partial charge in [0.15, 0.2) is 0 Å². The number of rotatable bonds is 8. The number of anilines is 2. The van der Waals surface area contributed by atoms with Crippen molar-refractivity contribution in [1.29, 1.82) is 0 Å². The Labute approximate surface area is 236 Å². The average Bonchev–Trinajstić information content (AvgIpc) is 3.37. The van der Waals surface area contributed by atoms with E-state index in [1.54, 1.807) is 24.4 Å². The molecule has 0 spiro atoms. The molecule has 3 aromatic carbocycles. The number of hydrogen-bond acceptors (Lipinski definition) is 7. The minimum Gasteiger partial charge on any atom is -0.462 e. The fourth-order valence-electron chi connectivity index (χ4n) is 5.07. The van der Waals surface area contributed by atoms with Gasteiger partial charge in [-0.25, -0.2) is 19.3 Å². The van der Waals surface area contributed by atoms with Gasteiger partial charge in [-0.15, -0.1) is 0 Å². The van der Waals surface area contributed by atoms with Gasteiger partial charge in [0.25, 0.3) is 0 Å². The molecule has 0 aliphatic carbocycles. The molecule has 0 radical (unpaired) electrons. The van der Waals surface area contributed by atoms with E-state index in [1.807, 2.05) is 60.7 Å². The molecule has 0 bridgehead atoms. The van der Waals surface area contributed by atoms with Crippen LogP contribution in [0.25, 0.3) is 34.0 Å². The first kappa shape index (κ1) is 26.3. The van der Waals surface area contributed by atoms with Crippen molar-refractivity contribution in [3.05, 3.63) is 103 Å². The van der Waals surface area contributed by atoms with Gasteiger partial charge in [-0.05, 0) is 42.5 Å². The Bertz CT molecular complexity index is 1640. The SMILES string of the molecule is O=C1CC(O)CC(CCn2c(-c3ccccc3)nc(-c3ccnc(Nc4ccccc4)n3)c2-c2ccc(F)cc2)O1. The van der Waals surface area contributed by atoms with E-state index < -0.39 is 18.2 Å². The summed E-state index contributed by atoms with van der Waals surface area (Å²) >= 11 is 0. The largest absolute Gasteiger partial charge is 0.462 e. The maximum atomic E-state index is 14.0. The number of ether oxygens (including phenoxy) is 1. The molecule has 6 rings (SSSR count). The zero-order valence-corrected chi connectivity index (χ0v) is 22.2. The van der Waals surface area contributed by atoms with Crippen LogP contribution in [-0.2, 0) is 16.1 Å². The molecule has 0 amide bonds. The van der Waals surface area contributed by atoms with Gasteiger partial charge in [0.2, 0.25) is 5.95 Å². The number of aromatic nitrogens is 4. The van der Waals surface area contributed by atoms with E-state index in [0.717, 1.165) is 22.5 Å². The predicted octanol–water partition coefficient (Wildman–Crippen LogP) is 6.01. The van der Waals surface area contributed by atoms with Gasteiger partial charge in [-0.2, -0.15) is 0 Å². The highest BCUT2D eigenvalue weighted by Crippen LogP contribution is 2.37. The van der Waals surface area contributed by atoms with Crippen molar-refractivity contribution in [2.75, 3.05) is 5.32 Å². The van der Waals surface area contributed by atoms with E-state index in [4.69, 9.17) is 14.7 Å². The van der Waals surface area contributed by atoms with E-state index in [9.17, 15) is 14.3 Å². The molecule has 1 saturated heterocycles. The van der Waals surface area contributed by atoms with Crippen LogP contribution in [0.1, 0.15) is 19.3 Å². The number of hydrogen-bond donors (Lipinski definition) is 2. The molecule has 2 unspecified atom stereocenters. The molecule has 2 N–H and O–H groups in total. The molecule has 2 aromatic heterocycles. The molecule has 9 heteroatoms. The van der Waals surface area contributed by atoms with Gasteiger partial charge in [-0.3, -0.25) is 4.79 Å². The lowest BCUT2D eigenvalue weighted by atomic mass is 10.0. The smallest absolute Gasteiger partial charge is 0.308 e. The van der Waals surface area contributed by atoms with Crippen LogP contribution >= 0.6 is 0 Å². The molecule has 1 aliphatic rings. The summed E-state index contributed by atoms with van der Waals surface area (Å²) in [7, 11) is 0. The number of carbonyl (C=O) groups excluding carboxylic acids is 1. The lowest BCUT2D eigenvalue weighted by Crippen LogP contribution is -2.33. The highest BCUT2D eigenvalue weighted by Gasteiger charge is 2.29. The minimum atomic E-state index is -0.721. The number of para-hydroxylation sites is 1. The van der Waals surface area contributed by atoms with Crippen molar-refractivity contribution in [2.45, 2.75) is 38.0 Å². The summed E-state index contributed by atoms with van der Waals surface area (Å²) in [5, 5.41) is 13.4. The monoisotopic (exact) mass is 549 g/mol. The van der Waals surface area contributed by atoms with Gasteiger partial charge in [0.05, 0.1) is 23.9 Å². The van der Waals surface area contributed by atoms with Crippen LogP contribution in [0.4, 0.5) is 16.0 Å². The molecular weight excluding hydrogens is 521 g/mol. The summed E-state index contributed by atoms with van der Waals surface area (Å²) in [5.74, 6) is 0.363. The summed E-state index contributed by atoms with van der Waals surface area (Å²) < 4.78 is 21.6. The molecule has 8 nitrogen and oxygen atoms in total. The summed E-state index contributed by atoms with van der Waals surface area (Å²) in [4.78, 5) is 26.3. The van der Waals surface area contributed by atoms with Crippen molar-refractivity contribution < 1.29 is 19.0 Å². The van der Waals surface area contributed by atoms with Crippen LogP contribution < -0.4 is 5.32 Å². The van der Waals surface area contributed by atoms with Crippen molar-refractivity contribution in [2.24, 2.45) is 0 Å². The summed E-state index contributed by atoms with van der Waals surface area (Å²) in [6.45, 7) is 0.439. The van der Waals surface area contributed by atoms with Crippen LogP contribution in [0.2, 0.25) is 0 Å². The second kappa shape index (κ2) is 11.7. The summed E-state index contributed by atoms with van der Waals surface area (Å²) in [6.07, 6.45) is 1.38. The van der Waals surface area contributed by atoms with E-state index in [0.29, 0.717) is 42.5 Å². The first-order valence-electron chi connectivity index (χ1n) is 13.5. The van der Waals surface area contributed by atoms with Crippen molar-refractivity contribution in [3.63, 3.8) is 0 Å². The Morgan fingerprint density at radius 1 is 0.927 bits per heavy atom. The number of esters is 1. The fourth-order valence-corrected chi connectivity index (χ4v) is 5.07. The molecule has 206 valence electrons. The zero-order valence-electron chi connectivity index (χ0n) is 22.2. The Hall–Kier alpha value is -4.89. The zero-order chi connectivity index (χ0) is 28.2. The number of aliphatic hydroxyl groups excluding tert-OH is 1. The van der Waals surface area contributed by atoms with E-state index in [2.05, 4.69) is 14.9 Å². The minimum absolute atomic E-state index is 0.00881. The summed E-state index contributed by atoms with van der Waals surface area (Å²) in [5.41, 5.74) is 4.44. The third-order valence-electron chi connectivity index (χ3n) is 6.96. The first-order chi connectivity index (χ1) is 20.0. The summed E-state index contributed by atoms with van der Waals surface area (Å²) in [6, 6.07) is 27.5. The highest BCUT2D eigenvalue weighted by molar-refractivity contribution is 5.81. The Kier molecular flexibility index (Phi) is 7.51. The van der Waals surface area contributed by atoms with Gasteiger partial charge >= 0.3 is 5.97 Å². The van der Waals surface area contributed by atoms with Crippen molar-refractivity contribution >= 4 is 17.6 Å². The third kappa shape index (κ3) is 6.00. The van der Waals surface area contributed by atoms with Crippen molar-refractivity contribution in [3.8, 4) is 34.0 Å². The normalized spacial score (nSPS) is 16.8. The number of imidazole rings is 1. The fraction of sp³-hybridized carbons (Fsp3) is 0.188. The average molecular weight is 550 g/mol. The van der Waals surface area contributed by atoms with E-state index >= 15 is 0 Å². The van der Waals surface area contributed by atoms with Crippen LogP contribution in [0.15, 0.2) is 97.2 Å². The number of carbonyl (C=O) groups is 1. The number of halogens is 1. The Balaban J connectivity index is 1.47. The molecule has 2 atom stereocenters. The molecule has 3 heterocycles. The van der Waals surface area contributed by atoms with Crippen LogP contribution in [0, 0.1) is 5.82 Å². The maximum absolute atomic E-state index is 14.0. The second-order valence-electron chi connectivity index (χ2n) is 9.91. The first-order valence-corrected chi connectivity index (χ1v) is 13.5. The maximum Gasteiger partial charge on any atom is 0.308 e. The quantitative estimate of drug-likeness (QED) is 0.229. The number of nitrogens with zero attached hydrogens (tertiary/aromatic N) is 4. The predicted molar refractivity (Wildman–Crippen MR) is 154 cm³/mol.